The Morgan fingerprint density at radius 1 is 1.33 bits per heavy atom. The summed E-state index contributed by atoms with van der Waals surface area (Å²) in [5.41, 5.74) is 2.68. The van der Waals surface area contributed by atoms with Crippen LogP contribution in [0.25, 0.3) is 11.1 Å². The molecular formula is C21H24FNO4. The second-order valence-corrected chi connectivity index (χ2v) is 6.75. The molecule has 2 aromatic rings. The minimum atomic E-state index is -0.588. The lowest BCUT2D eigenvalue weighted by molar-refractivity contribution is 0.0491. The number of pyridine rings is 1. The van der Waals surface area contributed by atoms with Crippen molar-refractivity contribution in [2.45, 2.75) is 39.7 Å². The van der Waals surface area contributed by atoms with Gasteiger partial charge in [0, 0.05) is 11.1 Å². The first-order valence-corrected chi connectivity index (χ1v) is 9.25. The van der Waals surface area contributed by atoms with Gasteiger partial charge in [0.25, 0.3) is 0 Å². The van der Waals surface area contributed by atoms with E-state index < -0.39 is 12.1 Å². The van der Waals surface area contributed by atoms with Crippen LogP contribution in [0, 0.1) is 11.7 Å². The van der Waals surface area contributed by atoms with Gasteiger partial charge in [-0.2, -0.15) is 0 Å². The first-order chi connectivity index (χ1) is 13.0. The van der Waals surface area contributed by atoms with Gasteiger partial charge >= 0.3 is 5.97 Å². The fourth-order valence-electron chi connectivity index (χ4n) is 3.32. The Hall–Kier alpha value is -2.47. The molecule has 0 fully saturated rings. The molecule has 27 heavy (non-hydrogen) atoms. The molecule has 1 aliphatic heterocycles. The smallest absolute Gasteiger partial charge is 0.357 e. The highest BCUT2D eigenvalue weighted by molar-refractivity contribution is 5.90. The van der Waals surface area contributed by atoms with Gasteiger partial charge in [-0.3, -0.25) is 0 Å². The summed E-state index contributed by atoms with van der Waals surface area (Å²) in [6.07, 6.45) is 0.890. The van der Waals surface area contributed by atoms with Crippen molar-refractivity contribution < 1.29 is 23.8 Å². The van der Waals surface area contributed by atoms with Crippen LogP contribution in [0.5, 0.6) is 5.88 Å². The standard InChI is InChI=1S/C21H24FNO4/c1-4-13-6-7-14(17(22)9-13)15-10-18(21(25)26-5-2)23-20-16(15)8-12(3)19(11-24)27-20/h6-7,9-10,12,19,24H,4-5,8,11H2,1-3H3/t12-,19+/m1/s1. The molecule has 2 heterocycles. The summed E-state index contributed by atoms with van der Waals surface area (Å²) in [6, 6.07) is 6.67. The van der Waals surface area contributed by atoms with Crippen molar-refractivity contribution in [3.05, 3.63) is 46.9 Å². The van der Waals surface area contributed by atoms with Gasteiger partial charge in [0.15, 0.2) is 5.69 Å². The van der Waals surface area contributed by atoms with E-state index in [4.69, 9.17) is 9.47 Å². The van der Waals surface area contributed by atoms with E-state index in [-0.39, 0.29) is 36.5 Å². The predicted molar refractivity (Wildman–Crippen MR) is 99.3 cm³/mol. The summed E-state index contributed by atoms with van der Waals surface area (Å²) < 4.78 is 25.7. The van der Waals surface area contributed by atoms with Crippen LogP contribution in [0.15, 0.2) is 24.3 Å². The molecule has 144 valence electrons. The third-order valence-corrected chi connectivity index (χ3v) is 4.91. The van der Waals surface area contributed by atoms with Crippen LogP contribution in [0.2, 0.25) is 0 Å². The van der Waals surface area contributed by atoms with Crippen molar-refractivity contribution in [3.63, 3.8) is 0 Å². The zero-order valence-electron chi connectivity index (χ0n) is 15.8. The average molecular weight is 373 g/mol. The molecule has 0 aliphatic carbocycles. The normalized spacial score (nSPS) is 18.6. The SMILES string of the molecule is CCOC(=O)c1cc(-c2ccc(CC)cc2F)c2c(n1)O[C@@H](CO)[C@H](C)C2. The minimum absolute atomic E-state index is 0.0365. The third kappa shape index (κ3) is 3.81. The Kier molecular flexibility index (Phi) is 5.75. The van der Waals surface area contributed by atoms with Crippen LogP contribution in [-0.4, -0.2) is 35.4 Å². The van der Waals surface area contributed by atoms with Gasteiger partial charge in [0.05, 0.1) is 13.2 Å². The van der Waals surface area contributed by atoms with Gasteiger partial charge in [-0.1, -0.05) is 26.0 Å². The zero-order valence-corrected chi connectivity index (χ0v) is 15.8. The number of aryl methyl sites for hydroxylation is 1. The number of aromatic nitrogens is 1. The van der Waals surface area contributed by atoms with Crippen LogP contribution in [0.1, 0.15) is 42.4 Å². The highest BCUT2D eigenvalue weighted by atomic mass is 19.1. The van der Waals surface area contributed by atoms with Gasteiger partial charge in [-0.05, 0) is 48.9 Å². The number of halogens is 1. The van der Waals surface area contributed by atoms with E-state index in [9.17, 15) is 14.3 Å². The Bertz CT molecular complexity index is 852. The first-order valence-electron chi connectivity index (χ1n) is 9.25. The summed E-state index contributed by atoms with van der Waals surface area (Å²) in [5, 5.41) is 9.53. The van der Waals surface area contributed by atoms with Crippen LogP contribution in [0.4, 0.5) is 4.39 Å². The monoisotopic (exact) mass is 373 g/mol. The van der Waals surface area contributed by atoms with Crippen LogP contribution in [-0.2, 0) is 17.6 Å². The molecule has 2 atom stereocenters. The van der Waals surface area contributed by atoms with Crippen molar-refractivity contribution in [1.29, 1.82) is 0 Å². The molecule has 6 heteroatoms. The molecule has 0 unspecified atom stereocenters. The topological polar surface area (TPSA) is 68.7 Å². The Labute approximate surface area is 158 Å². The Balaban J connectivity index is 2.17. The number of aliphatic hydroxyl groups is 1. The molecule has 0 bridgehead atoms. The highest BCUT2D eigenvalue weighted by Gasteiger charge is 2.31. The van der Waals surface area contributed by atoms with Crippen molar-refractivity contribution >= 4 is 5.97 Å². The lowest BCUT2D eigenvalue weighted by atomic mass is 9.88. The molecule has 1 aromatic carbocycles. The van der Waals surface area contributed by atoms with Crippen LogP contribution < -0.4 is 4.74 Å². The summed E-state index contributed by atoms with van der Waals surface area (Å²) >= 11 is 0. The number of hydrogen-bond acceptors (Lipinski definition) is 5. The zero-order chi connectivity index (χ0) is 19.6. The summed E-state index contributed by atoms with van der Waals surface area (Å²) in [5.74, 6) is -0.648. The second kappa shape index (κ2) is 8.05. The van der Waals surface area contributed by atoms with Gasteiger partial charge in [0.2, 0.25) is 5.88 Å². The van der Waals surface area contributed by atoms with E-state index in [2.05, 4.69) is 4.98 Å². The number of nitrogens with zero attached hydrogens (tertiary/aromatic N) is 1. The van der Waals surface area contributed by atoms with E-state index in [1.165, 1.54) is 6.07 Å². The predicted octanol–water partition coefficient (Wildman–Crippen LogP) is 3.56. The van der Waals surface area contributed by atoms with Crippen molar-refractivity contribution in [1.82, 2.24) is 4.98 Å². The third-order valence-electron chi connectivity index (χ3n) is 4.91. The number of aliphatic hydroxyl groups excluding tert-OH is 1. The van der Waals surface area contributed by atoms with Gasteiger partial charge in [-0.25, -0.2) is 14.2 Å². The molecule has 0 amide bonds. The van der Waals surface area contributed by atoms with E-state index >= 15 is 0 Å². The fraction of sp³-hybridized carbons (Fsp3) is 0.429. The number of carbonyl (C=O) groups is 1. The number of benzene rings is 1. The number of ether oxygens (including phenoxy) is 2. The Morgan fingerprint density at radius 3 is 2.74 bits per heavy atom. The minimum Gasteiger partial charge on any atom is -0.471 e. The molecule has 0 spiro atoms. The maximum Gasteiger partial charge on any atom is 0.357 e. The number of hydrogen-bond donors (Lipinski definition) is 1. The molecule has 1 aromatic heterocycles. The van der Waals surface area contributed by atoms with E-state index in [1.807, 2.05) is 19.9 Å². The maximum atomic E-state index is 14.8. The lowest BCUT2D eigenvalue weighted by Gasteiger charge is -2.31. The van der Waals surface area contributed by atoms with Crippen molar-refractivity contribution in [2.75, 3.05) is 13.2 Å². The molecular weight excluding hydrogens is 349 g/mol. The molecule has 1 N–H and O–H groups in total. The van der Waals surface area contributed by atoms with E-state index in [1.54, 1.807) is 19.1 Å². The number of carbonyl (C=O) groups excluding carboxylic acids is 1. The molecule has 0 saturated heterocycles. The average Bonchev–Trinajstić information content (AvgIpc) is 2.67. The number of fused-ring (bicyclic) bond motifs is 1. The Morgan fingerprint density at radius 2 is 2.11 bits per heavy atom. The maximum absolute atomic E-state index is 14.8. The highest BCUT2D eigenvalue weighted by Crippen LogP contribution is 2.38. The van der Waals surface area contributed by atoms with Crippen molar-refractivity contribution in [2.24, 2.45) is 5.92 Å². The quantitative estimate of drug-likeness (QED) is 0.812. The summed E-state index contributed by atoms with van der Waals surface area (Å²) in [6.45, 7) is 5.69. The number of esters is 1. The van der Waals surface area contributed by atoms with Crippen LogP contribution in [0.3, 0.4) is 0 Å². The summed E-state index contributed by atoms with van der Waals surface area (Å²) in [4.78, 5) is 16.5. The molecule has 3 rings (SSSR count). The van der Waals surface area contributed by atoms with Gasteiger partial charge < -0.3 is 14.6 Å². The van der Waals surface area contributed by atoms with Gasteiger partial charge in [0.1, 0.15) is 11.9 Å². The van der Waals surface area contributed by atoms with Gasteiger partial charge in [-0.15, -0.1) is 0 Å². The lowest BCUT2D eigenvalue weighted by Crippen LogP contribution is -2.35. The second-order valence-electron chi connectivity index (χ2n) is 6.75. The number of rotatable bonds is 5. The van der Waals surface area contributed by atoms with Crippen molar-refractivity contribution in [3.8, 4) is 17.0 Å². The molecule has 0 saturated carbocycles. The molecule has 0 radical (unpaired) electrons. The van der Waals surface area contributed by atoms with E-state index in [0.29, 0.717) is 17.5 Å². The first kappa shape index (κ1) is 19.3. The largest absolute Gasteiger partial charge is 0.471 e. The fourth-order valence-corrected chi connectivity index (χ4v) is 3.32. The molecule has 5 nitrogen and oxygen atoms in total. The van der Waals surface area contributed by atoms with E-state index in [0.717, 1.165) is 17.5 Å². The summed E-state index contributed by atoms with van der Waals surface area (Å²) in [7, 11) is 0. The van der Waals surface area contributed by atoms with Crippen LogP contribution >= 0.6 is 0 Å². The molecule has 1 aliphatic rings.